The maximum atomic E-state index is 13.8. The van der Waals surface area contributed by atoms with Gasteiger partial charge in [0.1, 0.15) is 30.2 Å². The van der Waals surface area contributed by atoms with Crippen molar-refractivity contribution >= 4 is 5.78 Å². The van der Waals surface area contributed by atoms with Gasteiger partial charge in [-0.3, -0.25) is 4.79 Å². The summed E-state index contributed by atoms with van der Waals surface area (Å²) in [5.74, 6) is 1.04. The zero-order valence-corrected chi connectivity index (χ0v) is 27.3. The third-order valence-electron chi connectivity index (χ3n) is 13.8. The van der Waals surface area contributed by atoms with E-state index in [1.807, 2.05) is 6.92 Å². The molecular weight excluding hydrogens is 568 g/mol. The lowest BCUT2D eigenvalue weighted by atomic mass is 9.43. The van der Waals surface area contributed by atoms with E-state index in [4.69, 9.17) is 9.47 Å². The van der Waals surface area contributed by atoms with E-state index in [0.29, 0.717) is 18.8 Å². The van der Waals surface area contributed by atoms with Gasteiger partial charge < -0.3 is 45.2 Å². The molecule has 7 N–H and O–H groups in total. The summed E-state index contributed by atoms with van der Waals surface area (Å²) in [7, 11) is 0. The van der Waals surface area contributed by atoms with Crippen molar-refractivity contribution in [2.24, 2.45) is 58.2 Å². The smallest absolute Gasteiger partial charge is 0.187 e. The molecular formula is C34H58O10. The summed E-state index contributed by atoms with van der Waals surface area (Å²) < 4.78 is 11.7. The molecule has 0 unspecified atom stereocenters. The predicted octanol–water partition coefficient (Wildman–Crippen LogP) is 1.63. The van der Waals surface area contributed by atoms with Crippen LogP contribution in [0.3, 0.4) is 0 Å². The third kappa shape index (κ3) is 5.62. The second-order valence-electron chi connectivity index (χ2n) is 16.2. The topological polar surface area (TPSA) is 177 Å². The second-order valence-corrected chi connectivity index (χ2v) is 16.2. The average molecular weight is 627 g/mol. The molecule has 4 saturated carbocycles. The molecule has 254 valence electrons. The number of hydrogen-bond acceptors (Lipinski definition) is 10. The number of rotatable bonds is 8. The van der Waals surface area contributed by atoms with Crippen molar-refractivity contribution in [3.05, 3.63) is 0 Å². The Labute approximate surface area is 262 Å². The molecule has 0 bridgehead atoms. The Morgan fingerprint density at radius 1 is 0.909 bits per heavy atom. The maximum Gasteiger partial charge on any atom is 0.187 e. The fraction of sp³-hybridized carbons (Fsp3) is 0.971. The highest BCUT2D eigenvalue weighted by molar-refractivity contribution is 5.83. The Kier molecular flexibility index (Phi) is 10.0. The fourth-order valence-corrected chi connectivity index (χ4v) is 10.7. The van der Waals surface area contributed by atoms with E-state index in [-0.39, 0.29) is 59.0 Å². The molecule has 0 aromatic carbocycles. The molecule has 4 aliphatic carbocycles. The van der Waals surface area contributed by atoms with Crippen molar-refractivity contribution in [2.45, 2.75) is 142 Å². The number of carbonyl (C=O) groups is 1. The van der Waals surface area contributed by atoms with Crippen molar-refractivity contribution in [3.63, 3.8) is 0 Å². The third-order valence-corrected chi connectivity index (χ3v) is 13.8. The van der Waals surface area contributed by atoms with Gasteiger partial charge in [0.2, 0.25) is 0 Å². The van der Waals surface area contributed by atoms with Gasteiger partial charge in [-0.25, -0.2) is 0 Å². The summed E-state index contributed by atoms with van der Waals surface area (Å²) in [4.78, 5) is 13.8. The van der Waals surface area contributed by atoms with Gasteiger partial charge in [0.15, 0.2) is 6.29 Å². The van der Waals surface area contributed by atoms with Crippen molar-refractivity contribution < 1.29 is 50.0 Å². The summed E-state index contributed by atoms with van der Waals surface area (Å²) >= 11 is 0. The highest BCUT2D eigenvalue weighted by atomic mass is 16.7. The zero-order chi connectivity index (χ0) is 32.5. The average Bonchev–Trinajstić information content (AvgIpc) is 3.34. The lowest BCUT2D eigenvalue weighted by Crippen LogP contribution is -2.63. The van der Waals surface area contributed by atoms with Gasteiger partial charge in [0.25, 0.3) is 0 Å². The number of ether oxygens (including phenoxy) is 2. The number of hydrogen-bond donors (Lipinski definition) is 7. The van der Waals surface area contributed by atoms with Crippen LogP contribution in [0.1, 0.15) is 86.5 Å². The molecule has 44 heavy (non-hydrogen) atoms. The maximum absolute atomic E-state index is 13.8. The molecule has 10 nitrogen and oxygen atoms in total. The minimum atomic E-state index is -1.57. The largest absolute Gasteiger partial charge is 0.394 e. The van der Waals surface area contributed by atoms with Crippen LogP contribution in [-0.2, 0) is 14.3 Å². The Hall–Kier alpha value is -0.690. The Morgan fingerprint density at radius 2 is 1.57 bits per heavy atom. The Bertz CT molecular complexity index is 1020. The number of aliphatic hydroxyl groups excluding tert-OH is 7. The number of carbonyl (C=O) groups excluding carboxylic acids is 1. The molecule has 5 fully saturated rings. The zero-order valence-electron chi connectivity index (χ0n) is 27.3. The van der Waals surface area contributed by atoms with Gasteiger partial charge >= 0.3 is 0 Å². The highest BCUT2D eigenvalue weighted by Gasteiger charge is 2.64. The van der Waals surface area contributed by atoms with E-state index in [0.717, 1.165) is 25.7 Å². The lowest BCUT2D eigenvalue weighted by Gasteiger charge is -2.61. The number of fused-ring (bicyclic) bond motifs is 5. The van der Waals surface area contributed by atoms with E-state index in [1.54, 1.807) is 0 Å². The van der Waals surface area contributed by atoms with Gasteiger partial charge in [0, 0.05) is 12.3 Å². The molecule has 0 amide bonds. The molecule has 10 heteroatoms. The van der Waals surface area contributed by atoms with Crippen molar-refractivity contribution in [1.82, 2.24) is 0 Å². The molecule has 0 radical (unpaired) electrons. The fourth-order valence-electron chi connectivity index (χ4n) is 10.7. The Balaban J connectivity index is 1.34. The minimum Gasteiger partial charge on any atom is -0.394 e. The molecule has 1 heterocycles. The van der Waals surface area contributed by atoms with E-state index < -0.39 is 67.1 Å². The normalized spacial score (nSPS) is 50.4. The van der Waals surface area contributed by atoms with E-state index in [1.165, 1.54) is 0 Å². The van der Waals surface area contributed by atoms with Gasteiger partial charge in [-0.1, -0.05) is 41.5 Å². The first-order valence-electron chi connectivity index (χ1n) is 17.1. The van der Waals surface area contributed by atoms with Crippen LogP contribution < -0.4 is 0 Å². The van der Waals surface area contributed by atoms with Crippen LogP contribution in [-0.4, -0.2) is 103 Å². The molecule has 5 rings (SSSR count). The molecule has 18 atom stereocenters. The number of Topliss-reactive ketones (excluding diaryl/α,β-unsaturated/α-hetero) is 1. The van der Waals surface area contributed by atoms with Crippen LogP contribution >= 0.6 is 0 Å². The molecule has 1 saturated heterocycles. The van der Waals surface area contributed by atoms with Crippen LogP contribution in [0.15, 0.2) is 0 Å². The van der Waals surface area contributed by atoms with Crippen molar-refractivity contribution in [2.75, 3.05) is 6.61 Å². The quantitative estimate of drug-likeness (QED) is 0.196. The number of aliphatic hydroxyl groups is 7. The van der Waals surface area contributed by atoms with E-state index in [9.17, 15) is 40.5 Å². The van der Waals surface area contributed by atoms with Crippen molar-refractivity contribution in [3.8, 4) is 0 Å². The lowest BCUT2D eigenvalue weighted by molar-refractivity contribution is -0.324. The number of ketones is 1. The first-order valence-corrected chi connectivity index (χ1v) is 17.1. The SMILES string of the molecule is CC(C)[C@@H](C)[C@@H](O)[C@H](O)[C@@H](C)[C@H]1CC[C@H]2[C@@H]3CC(=O)[C@H]4C[C@@H](O)[C@H](O[C@@H]5O[C@H](CO)[C@@H](O)[C@H](O)[C@H]5O)C[C@]4(C)[C@H]3CC[C@]12C. The standard InChI is InChI=1S/C34H58O10/c1-15(2)16(3)27(38)28(39)17(4)19-7-8-20-18-11-23(36)22-12-24(37)25(13-34(22,6)21(18)9-10-33(19,20)5)43-32-31(42)30(41)29(40)26(14-35)44-32/h15-22,24-32,35,37-42H,7-14H2,1-6H3/t16-,17+,18+,19-,20+,21+,22-,24-,25-,26-,27-,28-,29-,30+,31-,32-,33-,34-/m1/s1. The first-order chi connectivity index (χ1) is 20.6. The van der Waals surface area contributed by atoms with Crippen molar-refractivity contribution in [1.29, 1.82) is 0 Å². The molecule has 0 aromatic rings. The van der Waals surface area contributed by atoms with Crippen LogP contribution in [0.2, 0.25) is 0 Å². The monoisotopic (exact) mass is 626 g/mol. The molecule has 1 aliphatic heterocycles. The van der Waals surface area contributed by atoms with E-state index >= 15 is 0 Å². The summed E-state index contributed by atoms with van der Waals surface area (Å²) in [6.07, 6.45) is -5.42. The highest BCUT2D eigenvalue weighted by Crippen LogP contribution is 2.68. The molecule has 0 spiro atoms. The molecule has 5 aliphatic rings. The van der Waals surface area contributed by atoms with Crippen LogP contribution in [0.4, 0.5) is 0 Å². The Morgan fingerprint density at radius 3 is 2.20 bits per heavy atom. The van der Waals surface area contributed by atoms with Gasteiger partial charge in [-0.15, -0.1) is 0 Å². The van der Waals surface area contributed by atoms with Crippen LogP contribution in [0.25, 0.3) is 0 Å². The van der Waals surface area contributed by atoms with Gasteiger partial charge in [-0.05, 0) is 90.8 Å². The summed E-state index contributed by atoms with van der Waals surface area (Å²) in [5.41, 5.74) is -0.488. The first kappa shape index (κ1) is 34.6. The van der Waals surface area contributed by atoms with Gasteiger partial charge in [0.05, 0.1) is 31.0 Å². The van der Waals surface area contributed by atoms with Gasteiger partial charge in [-0.2, -0.15) is 0 Å². The molecule has 0 aromatic heterocycles. The van der Waals surface area contributed by atoms with Crippen LogP contribution in [0.5, 0.6) is 0 Å². The predicted molar refractivity (Wildman–Crippen MR) is 161 cm³/mol. The second kappa shape index (κ2) is 12.7. The summed E-state index contributed by atoms with van der Waals surface area (Å²) in [6, 6.07) is 0. The van der Waals surface area contributed by atoms with Crippen LogP contribution in [0, 0.1) is 58.2 Å². The summed E-state index contributed by atoms with van der Waals surface area (Å²) in [5, 5.41) is 74.1. The minimum absolute atomic E-state index is 0.0131. The summed E-state index contributed by atoms with van der Waals surface area (Å²) in [6.45, 7) is 12.1. The van der Waals surface area contributed by atoms with E-state index in [2.05, 4.69) is 34.6 Å².